The molecule has 1 aromatic rings. The predicted octanol–water partition coefficient (Wildman–Crippen LogP) is 2.14. The number of carbonyl (C=O) groups excluding carboxylic acids is 1. The Hall–Kier alpha value is -2.30. The van der Waals surface area contributed by atoms with Gasteiger partial charge in [-0.05, 0) is 43.0 Å². The third kappa shape index (κ3) is 3.07. The smallest absolute Gasteiger partial charge is 0.277 e. The first kappa shape index (κ1) is 13.7. The molecule has 1 saturated carbocycles. The maximum atomic E-state index is 11.7. The van der Waals surface area contributed by atoms with Crippen LogP contribution in [0.2, 0.25) is 0 Å². The van der Waals surface area contributed by atoms with Gasteiger partial charge in [0.05, 0.1) is 7.11 Å². The Labute approximate surface area is 123 Å². The van der Waals surface area contributed by atoms with Crippen molar-refractivity contribution < 1.29 is 14.3 Å². The van der Waals surface area contributed by atoms with E-state index in [-0.39, 0.29) is 12.5 Å². The molecule has 1 amide bonds. The lowest BCUT2D eigenvalue weighted by atomic mass is 9.74. The fourth-order valence-corrected chi connectivity index (χ4v) is 2.65. The van der Waals surface area contributed by atoms with Gasteiger partial charge in [0.25, 0.3) is 5.91 Å². The molecule has 2 aliphatic rings. The first-order valence-electron chi connectivity index (χ1n) is 7.05. The van der Waals surface area contributed by atoms with E-state index in [9.17, 15) is 4.79 Å². The fourth-order valence-electron chi connectivity index (χ4n) is 2.65. The van der Waals surface area contributed by atoms with E-state index in [1.54, 1.807) is 31.4 Å². The quantitative estimate of drug-likeness (QED) is 0.666. The summed E-state index contributed by atoms with van der Waals surface area (Å²) in [4.78, 5) is 11.7. The Balaban J connectivity index is 1.43. The molecule has 2 atom stereocenters. The molecule has 110 valence electrons. The number of rotatable bonds is 5. The molecule has 0 aromatic heterocycles. The average molecular weight is 286 g/mol. The van der Waals surface area contributed by atoms with E-state index in [4.69, 9.17) is 9.47 Å². The topological polar surface area (TPSA) is 59.9 Å². The van der Waals surface area contributed by atoms with Crippen LogP contribution in [-0.4, -0.2) is 25.3 Å². The van der Waals surface area contributed by atoms with Gasteiger partial charge in [0.1, 0.15) is 11.5 Å². The van der Waals surface area contributed by atoms with Gasteiger partial charge in [-0.15, -0.1) is 0 Å². The molecule has 21 heavy (non-hydrogen) atoms. The molecule has 0 unspecified atom stereocenters. The van der Waals surface area contributed by atoms with Gasteiger partial charge in [-0.2, -0.15) is 5.10 Å². The van der Waals surface area contributed by atoms with Crippen molar-refractivity contribution in [3.05, 3.63) is 36.4 Å². The van der Waals surface area contributed by atoms with E-state index in [0.717, 1.165) is 24.3 Å². The van der Waals surface area contributed by atoms with E-state index in [0.29, 0.717) is 17.6 Å². The zero-order valence-electron chi connectivity index (χ0n) is 11.9. The van der Waals surface area contributed by atoms with Crippen LogP contribution in [0, 0.1) is 11.8 Å². The minimum Gasteiger partial charge on any atom is -0.497 e. The van der Waals surface area contributed by atoms with Gasteiger partial charge < -0.3 is 9.47 Å². The van der Waals surface area contributed by atoms with Crippen molar-refractivity contribution in [2.45, 2.75) is 12.8 Å². The predicted molar refractivity (Wildman–Crippen MR) is 79.4 cm³/mol. The molecule has 1 fully saturated rings. The zero-order valence-corrected chi connectivity index (χ0v) is 11.9. The summed E-state index contributed by atoms with van der Waals surface area (Å²) in [5.41, 5.74) is 3.65. The molecule has 5 nitrogen and oxygen atoms in total. The monoisotopic (exact) mass is 286 g/mol. The van der Waals surface area contributed by atoms with Gasteiger partial charge in [0, 0.05) is 11.6 Å². The maximum absolute atomic E-state index is 11.7. The number of nitrogens with zero attached hydrogens (tertiary/aromatic N) is 1. The number of hydrogen-bond donors (Lipinski definition) is 1. The summed E-state index contributed by atoms with van der Waals surface area (Å²) in [6, 6.07) is 7.10. The number of benzene rings is 1. The Bertz CT molecular complexity index is 578. The van der Waals surface area contributed by atoms with Crippen LogP contribution < -0.4 is 14.9 Å². The van der Waals surface area contributed by atoms with Crippen molar-refractivity contribution in [2.75, 3.05) is 13.7 Å². The standard InChI is InChI=1S/C16H18N2O3/c1-20-12-5-7-13(8-6-12)21-10-16(19)18-17-15-9-11-3-2-4-14(11)15/h2-3,5-8,11,14H,4,9-10H2,1H3,(H,18,19)/b17-15-/t11-,14+/m1/s1. The molecule has 0 aliphatic heterocycles. The third-order valence-corrected chi connectivity index (χ3v) is 3.92. The number of methoxy groups -OCH3 is 1. The van der Waals surface area contributed by atoms with E-state index in [2.05, 4.69) is 22.7 Å². The summed E-state index contributed by atoms with van der Waals surface area (Å²) in [5.74, 6) is 2.28. The van der Waals surface area contributed by atoms with Crippen LogP contribution in [0.4, 0.5) is 0 Å². The molecule has 1 N–H and O–H groups in total. The molecule has 5 heteroatoms. The second-order valence-electron chi connectivity index (χ2n) is 5.24. The Morgan fingerprint density at radius 2 is 2.10 bits per heavy atom. The summed E-state index contributed by atoms with van der Waals surface area (Å²) in [7, 11) is 1.60. The number of ether oxygens (including phenoxy) is 2. The number of nitrogens with one attached hydrogen (secondary N) is 1. The highest BCUT2D eigenvalue weighted by Gasteiger charge is 2.37. The zero-order chi connectivity index (χ0) is 14.7. The van der Waals surface area contributed by atoms with Crippen molar-refractivity contribution in [1.82, 2.24) is 5.43 Å². The summed E-state index contributed by atoms with van der Waals surface area (Å²) >= 11 is 0. The highest BCUT2D eigenvalue weighted by atomic mass is 16.5. The molecule has 0 spiro atoms. The van der Waals surface area contributed by atoms with Crippen LogP contribution in [0.25, 0.3) is 0 Å². The molecule has 0 bridgehead atoms. The summed E-state index contributed by atoms with van der Waals surface area (Å²) in [5, 5.41) is 4.19. The number of hydrogen-bond acceptors (Lipinski definition) is 4. The molecular formula is C16H18N2O3. The highest BCUT2D eigenvalue weighted by molar-refractivity contribution is 5.94. The summed E-state index contributed by atoms with van der Waals surface area (Å²) in [6.07, 6.45) is 6.42. The van der Waals surface area contributed by atoms with Crippen molar-refractivity contribution in [3.8, 4) is 11.5 Å². The lowest BCUT2D eigenvalue weighted by molar-refractivity contribution is -0.123. The second kappa shape index (κ2) is 5.99. The second-order valence-corrected chi connectivity index (χ2v) is 5.24. The van der Waals surface area contributed by atoms with Crippen LogP contribution in [-0.2, 0) is 4.79 Å². The van der Waals surface area contributed by atoms with Gasteiger partial charge in [-0.1, -0.05) is 12.2 Å². The van der Waals surface area contributed by atoms with Gasteiger partial charge in [0.2, 0.25) is 0 Å². The molecule has 2 aliphatic carbocycles. The fraction of sp³-hybridized carbons (Fsp3) is 0.375. The normalized spacial score (nSPS) is 24.3. The van der Waals surface area contributed by atoms with E-state index >= 15 is 0 Å². The summed E-state index contributed by atoms with van der Waals surface area (Å²) in [6.45, 7) is -0.0462. The Morgan fingerprint density at radius 1 is 1.33 bits per heavy atom. The number of hydrazone groups is 1. The van der Waals surface area contributed by atoms with Crippen molar-refractivity contribution in [3.63, 3.8) is 0 Å². The highest BCUT2D eigenvalue weighted by Crippen LogP contribution is 2.39. The van der Waals surface area contributed by atoms with E-state index in [1.165, 1.54) is 0 Å². The first-order valence-corrected chi connectivity index (χ1v) is 7.05. The van der Waals surface area contributed by atoms with Gasteiger partial charge >= 0.3 is 0 Å². The molecular weight excluding hydrogens is 268 g/mol. The van der Waals surface area contributed by atoms with Crippen LogP contribution in [0.1, 0.15) is 12.8 Å². The number of fused-ring (bicyclic) bond motifs is 1. The molecule has 0 saturated heterocycles. The molecule has 3 rings (SSSR count). The third-order valence-electron chi connectivity index (χ3n) is 3.92. The number of amides is 1. The Kier molecular flexibility index (Phi) is 3.90. The molecule has 1 aromatic carbocycles. The minimum atomic E-state index is -0.243. The largest absolute Gasteiger partial charge is 0.497 e. The number of allylic oxidation sites excluding steroid dienone is 2. The van der Waals surface area contributed by atoms with Crippen LogP contribution in [0.5, 0.6) is 11.5 Å². The van der Waals surface area contributed by atoms with E-state index < -0.39 is 0 Å². The molecule has 0 heterocycles. The van der Waals surface area contributed by atoms with Crippen LogP contribution >= 0.6 is 0 Å². The SMILES string of the molecule is COc1ccc(OCC(=O)N/N=C2/C[C@H]3C=CC[C@H]23)cc1. The van der Waals surface area contributed by atoms with Crippen molar-refractivity contribution in [2.24, 2.45) is 16.9 Å². The van der Waals surface area contributed by atoms with Crippen molar-refractivity contribution >= 4 is 11.6 Å². The minimum absolute atomic E-state index is 0.0462. The number of carbonyl (C=O) groups is 1. The Morgan fingerprint density at radius 3 is 2.81 bits per heavy atom. The van der Waals surface area contributed by atoms with E-state index in [1.807, 2.05) is 0 Å². The van der Waals surface area contributed by atoms with Crippen molar-refractivity contribution in [1.29, 1.82) is 0 Å². The van der Waals surface area contributed by atoms with Gasteiger partial charge in [0.15, 0.2) is 6.61 Å². The van der Waals surface area contributed by atoms with Crippen LogP contribution in [0.15, 0.2) is 41.5 Å². The molecule has 0 radical (unpaired) electrons. The van der Waals surface area contributed by atoms with Gasteiger partial charge in [-0.3, -0.25) is 4.79 Å². The lowest BCUT2D eigenvalue weighted by Crippen LogP contribution is -2.36. The average Bonchev–Trinajstić information content (AvgIpc) is 2.87. The van der Waals surface area contributed by atoms with Crippen LogP contribution in [0.3, 0.4) is 0 Å². The first-order chi connectivity index (χ1) is 10.3. The lowest BCUT2D eigenvalue weighted by Gasteiger charge is -2.31. The summed E-state index contributed by atoms with van der Waals surface area (Å²) < 4.78 is 10.4. The van der Waals surface area contributed by atoms with Gasteiger partial charge in [-0.25, -0.2) is 5.43 Å². The maximum Gasteiger partial charge on any atom is 0.277 e.